The Bertz CT molecular complexity index is 806. The van der Waals surface area contributed by atoms with Crippen LogP contribution in [0.2, 0.25) is 0 Å². The zero-order chi connectivity index (χ0) is 18.9. The van der Waals surface area contributed by atoms with Gasteiger partial charge in [0.15, 0.2) is 5.75 Å². The maximum Gasteiger partial charge on any atom is 0.339 e. The van der Waals surface area contributed by atoms with E-state index in [9.17, 15) is 19.7 Å². The lowest BCUT2D eigenvalue weighted by Crippen LogP contribution is -2.16. The van der Waals surface area contributed by atoms with Crippen molar-refractivity contribution >= 4 is 23.3 Å². The van der Waals surface area contributed by atoms with Gasteiger partial charge in [0.1, 0.15) is 0 Å². The Morgan fingerprint density at radius 2 is 1.81 bits per heavy atom. The molecule has 8 nitrogen and oxygen atoms in total. The number of nitro groups is 1. The second-order valence-electron chi connectivity index (χ2n) is 5.26. The van der Waals surface area contributed by atoms with Crippen LogP contribution < -0.4 is 10.1 Å². The summed E-state index contributed by atoms with van der Waals surface area (Å²) in [6, 6.07) is 12.6. The molecular formula is C18H18N2O6. The van der Waals surface area contributed by atoms with E-state index in [2.05, 4.69) is 10.1 Å². The number of anilines is 1. The van der Waals surface area contributed by atoms with E-state index in [-0.39, 0.29) is 35.9 Å². The molecule has 2 aromatic rings. The Morgan fingerprint density at radius 1 is 1.12 bits per heavy atom. The summed E-state index contributed by atoms with van der Waals surface area (Å²) in [4.78, 5) is 34.1. The minimum Gasteiger partial charge on any atom is -0.487 e. The first kappa shape index (κ1) is 18.9. The number of methoxy groups -OCH3 is 1. The van der Waals surface area contributed by atoms with Gasteiger partial charge in [0.2, 0.25) is 5.91 Å². The van der Waals surface area contributed by atoms with Gasteiger partial charge in [0.05, 0.1) is 29.9 Å². The number of benzene rings is 2. The van der Waals surface area contributed by atoms with E-state index >= 15 is 0 Å². The number of hydrogen-bond acceptors (Lipinski definition) is 6. The fraction of sp³-hybridized carbons (Fsp3) is 0.222. The van der Waals surface area contributed by atoms with Crippen LogP contribution in [0, 0.1) is 10.1 Å². The van der Waals surface area contributed by atoms with Crippen molar-refractivity contribution in [1.29, 1.82) is 0 Å². The minimum absolute atomic E-state index is 0.121. The Kier molecular flexibility index (Phi) is 6.67. The first-order valence-corrected chi connectivity index (χ1v) is 7.86. The molecule has 0 bridgehead atoms. The smallest absolute Gasteiger partial charge is 0.339 e. The summed E-state index contributed by atoms with van der Waals surface area (Å²) in [6.07, 6.45) is 0.494. The van der Waals surface area contributed by atoms with E-state index in [1.807, 2.05) is 0 Å². The Morgan fingerprint density at radius 3 is 2.54 bits per heavy atom. The molecule has 0 atom stereocenters. The lowest BCUT2D eigenvalue weighted by Gasteiger charge is -2.10. The first-order chi connectivity index (χ1) is 12.5. The summed E-state index contributed by atoms with van der Waals surface area (Å²) in [5, 5.41) is 13.6. The molecule has 1 N–H and O–H groups in total. The van der Waals surface area contributed by atoms with Gasteiger partial charge in [0, 0.05) is 12.5 Å². The third kappa shape index (κ3) is 5.04. The number of hydrogen-bond donors (Lipinski definition) is 1. The van der Waals surface area contributed by atoms with Crippen LogP contribution in [0.1, 0.15) is 23.2 Å². The van der Waals surface area contributed by atoms with Gasteiger partial charge in [-0.2, -0.15) is 0 Å². The number of nitrogens with one attached hydrogen (secondary N) is 1. The highest BCUT2D eigenvalue weighted by Crippen LogP contribution is 2.26. The average molecular weight is 358 g/mol. The van der Waals surface area contributed by atoms with Gasteiger partial charge >= 0.3 is 11.7 Å². The maximum absolute atomic E-state index is 12.0. The van der Waals surface area contributed by atoms with Gasteiger partial charge in [-0.3, -0.25) is 14.9 Å². The van der Waals surface area contributed by atoms with Crippen molar-refractivity contribution in [2.75, 3.05) is 19.0 Å². The normalized spacial score (nSPS) is 10.0. The SMILES string of the molecule is COC(=O)c1ccccc1NC(=O)CCCOc1ccccc1[N+](=O)[O-]. The molecule has 136 valence electrons. The van der Waals surface area contributed by atoms with Crippen LogP contribution in [0.15, 0.2) is 48.5 Å². The highest BCUT2D eigenvalue weighted by atomic mass is 16.6. The van der Waals surface area contributed by atoms with Crippen molar-refractivity contribution in [3.63, 3.8) is 0 Å². The highest BCUT2D eigenvalue weighted by molar-refractivity contribution is 6.01. The third-order valence-corrected chi connectivity index (χ3v) is 3.47. The van der Waals surface area contributed by atoms with Crippen molar-refractivity contribution in [3.8, 4) is 5.75 Å². The molecule has 0 fully saturated rings. The molecule has 0 aliphatic heterocycles. The van der Waals surface area contributed by atoms with Gasteiger partial charge in [-0.1, -0.05) is 24.3 Å². The van der Waals surface area contributed by atoms with Gasteiger partial charge < -0.3 is 14.8 Å². The zero-order valence-electron chi connectivity index (χ0n) is 14.1. The number of ether oxygens (including phenoxy) is 2. The fourth-order valence-electron chi connectivity index (χ4n) is 2.24. The number of esters is 1. The van der Waals surface area contributed by atoms with E-state index in [1.54, 1.807) is 36.4 Å². The lowest BCUT2D eigenvalue weighted by molar-refractivity contribution is -0.385. The largest absolute Gasteiger partial charge is 0.487 e. The summed E-state index contributed by atoms with van der Waals surface area (Å²) >= 11 is 0. The summed E-state index contributed by atoms with van der Waals surface area (Å²) in [7, 11) is 1.26. The second kappa shape index (κ2) is 9.16. The summed E-state index contributed by atoms with van der Waals surface area (Å²) in [6.45, 7) is 0.150. The molecule has 0 saturated carbocycles. The number of para-hydroxylation sites is 3. The van der Waals surface area contributed by atoms with E-state index < -0.39 is 10.9 Å². The topological polar surface area (TPSA) is 108 Å². The summed E-state index contributed by atoms with van der Waals surface area (Å²) in [5.74, 6) is -0.679. The molecule has 0 aliphatic carbocycles. The lowest BCUT2D eigenvalue weighted by atomic mass is 10.1. The average Bonchev–Trinajstić information content (AvgIpc) is 2.65. The van der Waals surface area contributed by atoms with E-state index in [0.717, 1.165) is 0 Å². The summed E-state index contributed by atoms with van der Waals surface area (Å²) in [5.41, 5.74) is 0.507. The molecule has 2 rings (SSSR count). The van der Waals surface area contributed by atoms with E-state index in [0.29, 0.717) is 12.1 Å². The molecular weight excluding hydrogens is 340 g/mol. The molecule has 0 radical (unpaired) electrons. The van der Waals surface area contributed by atoms with Crippen LogP contribution >= 0.6 is 0 Å². The van der Waals surface area contributed by atoms with Crippen LogP contribution in [-0.4, -0.2) is 30.5 Å². The standard InChI is InChI=1S/C18H18N2O6/c1-25-18(22)13-7-2-3-8-14(13)19-17(21)11-6-12-26-16-10-5-4-9-15(16)20(23)24/h2-5,7-10H,6,11-12H2,1H3,(H,19,21). The maximum atomic E-state index is 12.0. The molecule has 2 aromatic carbocycles. The van der Waals surface area contributed by atoms with Crippen LogP contribution in [0.3, 0.4) is 0 Å². The Labute approximate surface area is 149 Å². The van der Waals surface area contributed by atoms with Gasteiger partial charge in [-0.25, -0.2) is 4.79 Å². The molecule has 1 amide bonds. The predicted octanol–water partition coefficient (Wildman–Crippen LogP) is 3.18. The first-order valence-electron chi connectivity index (χ1n) is 7.86. The molecule has 0 heterocycles. The third-order valence-electron chi connectivity index (χ3n) is 3.47. The second-order valence-corrected chi connectivity index (χ2v) is 5.26. The highest BCUT2D eigenvalue weighted by Gasteiger charge is 2.15. The monoisotopic (exact) mass is 358 g/mol. The molecule has 26 heavy (non-hydrogen) atoms. The van der Waals surface area contributed by atoms with Gasteiger partial charge in [-0.05, 0) is 24.6 Å². The van der Waals surface area contributed by atoms with Crippen molar-refractivity contribution < 1.29 is 24.0 Å². The van der Waals surface area contributed by atoms with Crippen molar-refractivity contribution in [2.24, 2.45) is 0 Å². The predicted molar refractivity (Wildman–Crippen MR) is 94.2 cm³/mol. The fourth-order valence-corrected chi connectivity index (χ4v) is 2.24. The molecule has 0 aromatic heterocycles. The zero-order valence-corrected chi connectivity index (χ0v) is 14.1. The molecule has 0 aliphatic rings. The van der Waals surface area contributed by atoms with Crippen molar-refractivity contribution in [2.45, 2.75) is 12.8 Å². The van der Waals surface area contributed by atoms with Gasteiger partial charge in [0.25, 0.3) is 0 Å². The van der Waals surface area contributed by atoms with Gasteiger partial charge in [-0.15, -0.1) is 0 Å². The number of rotatable bonds is 8. The number of carbonyl (C=O) groups excluding carboxylic acids is 2. The van der Waals surface area contributed by atoms with Crippen molar-refractivity contribution in [3.05, 3.63) is 64.2 Å². The van der Waals surface area contributed by atoms with Crippen LogP contribution in [0.25, 0.3) is 0 Å². The van der Waals surface area contributed by atoms with E-state index in [4.69, 9.17) is 4.74 Å². The van der Waals surface area contributed by atoms with E-state index in [1.165, 1.54) is 19.2 Å². The Hall–Kier alpha value is -3.42. The number of nitrogens with zero attached hydrogens (tertiary/aromatic N) is 1. The number of nitro benzene ring substituents is 1. The van der Waals surface area contributed by atoms with Crippen LogP contribution in [0.4, 0.5) is 11.4 Å². The number of carbonyl (C=O) groups is 2. The summed E-state index contributed by atoms with van der Waals surface area (Å²) < 4.78 is 10.1. The molecule has 0 unspecified atom stereocenters. The molecule has 8 heteroatoms. The van der Waals surface area contributed by atoms with Crippen LogP contribution in [0.5, 0.6) is 5.75 Å². The molecule has 0 spiro atoms. The Balaban J connectivity index is 1.85. The number of amides is 1. The van der Waals surface area contributed by atoms with Crippen LogP contribution in [-0.2, 0) is 9.53 Å². The van der Waals surface area contributed by atoms with Crippen molar-refractivity contribution in [1.82, 2.24) is 0 Å². The molecule has 0 saturated heterocycles. The quantitative estimate of drug-likeness (QED) is 0.336. The minimum atomic E-state index is -0.541.